The number of ether oxygens (including phenoxy) is 2. The van der Waals surface area contributed by atoms with E-state index >= 15 is 0 Å². The summed E-state index contributed by atoms with van der Waals surface area (Å²) < 4.78 is 58.2. The lowest BCUT2D eigenvalue weighted by Gasteiger charge is -2.46. The molecule has 1 aliphatic carbocycles. The third kappa shape index (κ3) is 16.1. The number of carbonyl (C=O) groups is 3. The van der Waals surface area contributed by atoms with Crippen LogP contribution >= 0.6 is 8.60 Å². The van der Waals surface area contributed by atoms with Crippen LogP contribution in [0.25, 0.3) is 0 Å². The van der Waals surface area contributed by atoms with Crippen LogP contribution in [-0.2, 0) is 50.3 Å². The van der Waals surface area contributed by atoms with E-state index in [1.54, 1.807) is 54.8 Å². The van der Waals surface area contributed by atoms with Crippen molar-refractivity contribution >= 4 is 32.3 Å². The number of amides is 2. The van der Waals surface area contributed by atoms with E-state index in [9.17, 15) is 28.0 Å². The van der Waals surface area contributed by atoms with E-state index in [0.717, 1.165) is 35.4 Å². The van der Waals surface area contributed by atoms with Crippen molar-refractivity contribution in [3.05, 3.63) is 165 Å². The number of aromatic nitrogens is 1. The number of hydrogen-bond acceptors (Lipinski definition) is 10. The van der Waals surface area contributed by atoms with Crippen molar-refractivity contribution < 1.29 is 46.2 Å². The maximum atomic E-state index is 14.4. The van der Waals surface area contributed by atoms with Crippen molar-refractivity contribution in [3.63, 3.8) is 0 Å². The number of carbonyl (C=O) groups excluding carboxylic acids is 3. The molecule has 3 unspecified atom stereocenters. The Morgan fingerprint density at radius 1 is 0.851 bits per heavy atom. The Labute approximate surface area is 436 Å². The number of halogens is 2. The zero-order valence-electron chi connectivity index (χ0n) is 44.3. The van der Waals surface area contributed by atoms with Gasteiger partial charge in [0.2, 0.25) is 11.2 Å². The average Bonchev–Trinajstić information content (AvgIpc) is 3.50. The Balaban J connectivity index is 0.000000588. The quantitative estimate of drug-likeness (QED) is 0.0441. The molecule has 74 heavy (non-hydrogen) atoms. The summed E-state index contributed by atoms with van der Waals surface area (Å²) in [5.41, 5.74) is 0.154. The van der Waals surface area contributed by atoms with Crippen LogP contribution in [0, 0.1) is 23.5 Å². The van der Waals surface area contributed by atoms with E-state index in [-0.39, 0.29) is 49.4 Å². The van der Waals surface area contributed by atoms with Crippen molar-refractivity contribution in [1.29, 1.82) is 0 Å². The van der Waals surface area contributed by atoms with E-state index in [4.69, 9.17) is 18.3 Å². The van der Waals surface area contributed by atoms with Gasteiger partial charge in [-0.05, 0) is 73.4 Å². The van der Waals surface area contributed by atoms with Crippen LogP contribution < -0.4 is 20.0 Å². The predicted molar refractivity (Wildman–Crippen MR) is 286 cm³/mol. The monoisotopic (exact) mass is 1040 g/mol. The molecule has 398 valence electrons. The Kier molecular flexibility index (Phi) is 23.0. The lowest BCUT2D eigenvalue weighted by molar-refractivity contribution is -0.133. The van der Waals surface area contributed by atoms with Gasteiger partial charge < -0.3 is 28.8 Å². The lowest BCUT2D eigenvalue weighted by atomic mass is 9.82. The van der Waals surface area contributed by atoms with Crippen molar-refractivity contribution in [2.45, 2.75) is 131 Å². The van der Waals surface area contributed by atoms with Crippen LogP contribution in [0.3, 0.4) is 0 Å². The summed E-state index contributed by atoms with van der Waals surface area (Å²) in [5.74, 6) is -2.15. The van der Waals surface area contributed by atoms with E-state index in [1.807, 2.05) is 95.3 Å². The Morgan fingerprint density at radius 3 is 1.99 bits per heavy atom. The Morgan fingerprint density at radius 2 is 1.47 bits per heavy atom. The van der Waals surface area contributed by atoms with Gasteiger partial charge in [-0.1, -0.05) is 139 Å². The van der Waals surface area contributed by atoms with Crippen molar-refractivity contribution in [1.82, 2.24) is 14.8 Å². The second-order valence-electron chi connectivity index (χ2n) is 18.6. The van der Waals surface area contributed by atoms with Crippen molar-refractivity contribution in [3.8, 4) is 11.5 Å². The van der Waals surface area contributed by atoms with Gasteiger partial charge in [0, 0.05) is 50.9 Å². The maximum Gasteiger partial charge on any atom is 0.397 e. The molecule has 2 amide bonds. The Bertz CT molecular complexity index is 2640. The van der Waals surface area contributed by atoms with Crippen LogP contribution in [0.2, 0.25) is 0 Å². The second-order valence-corrected chi connectivity index (χ2v) is 19.8. The second kappa shape index (κ2) is 29.0. The number of hydrogen-bond donors (Lipinski definition) is 1. The fourth-order valence-electron chi connectivity index (χ4n) is 8.57. The Hall–Kier alpha value is -6.28. The van der Waals surface area contributed by atoms with Gasteiger partial charge >= 0.3 is 14.6 Å². The van der Waals surface area contributed by atoms with Gasteiger partial charge in [-0.25, -0.2) is 8.78 Å². The van der Waals surface area contributed by atoms with Crippen LogP contribution in [0.1, 0.15) is 137 Å². The fourth-order valence-corrected chi connectivity index (χ4v) is 9.55. The largest absolute Gasteiger partial charge is 0.485 e. The molecule has 0 radical (unpaired) electrons. The third-order valence-corrected chi connectivity index (χ3v) is 14.6. The molecule has 16 heteroatoms. The molecule has 2 aliphatic heterocycles. The van der Waals surface area contributed by atoms with Crippen molar-refractivity contribution in [2.24, 2.45) is 16.8 Å². The molecule has 2 bridgehead atoms. The number of rotatable bonds is 16. The van der Waals surface area contributed by atoms with Gasteiger partial charge in [0.05, 0.1) is 32.3 Å². The summed E-state index contributed by atoms with van der Waals surface area (Å²) in [6.45, 7) is 14.5. The number of benzene rings is 4. The molecule has 3 heterocycles. The minimum absolute atomic E-state index is 0.000997. The summed E-state index contributed by atoms with van der Waals surface area (Å²) in [4.78, 5) is 61.0. The number of nitrogens with zero attached hydrogens (tertiary/aromatic N) is 3. The summed E-state index contributed by atoms with van der Waals surface area (Å²) >= 11 is 0. The molecule has 2 fully saturated rings. The highest BCUT2D eigenvalue weighted by atomic mass is 31.2. The maximum absolute atomic E-state index is 14.4. The predicted octanol–water partition coefficient (Wildman–Crippen LogP) is 12.5. The summed E-state index contributed by atoms with van der Waals surface area (Å²) in [6.07, 6.45) is 9.94. The van der Waals surface area contributed by atoms with Gasteiger partial charge in [-0.3, -0.25) is 33.2 Å². The lowest BCUT2D eigenvalue weighted by Crippen LogP contribution is -2.56. The molecule has 1 aromatic heterocycles. The average molecular weight is 1040 g/mol. The van der Waals surface area contributed by atoms with Gasteiger partial charge in [0.25, 0.3) is 11.8 Å². The SMILES string of the molecule is CC.CC1CCC(C)C2(C)CN1C(=O)c1c(OC(=O)Cc3ccc(OP(OCc4ccccc4)OCc4ccccc4)cc3)c(=O)c(C(=O)NCc3ccc(F)cc3F)cn12.CCCC1CCC1.CN=C(C)OC. The molecule has 8 rings (SSSR count). The fraction of sp³-hybridized carbons (Fsp3) is 0.431. The highest BCUT2D eigenvalue weighted by Gasteiger charge is 2.48. The zero-order chi connectivity index (χ0) is 53.8. The summed E-state index contributed by atoms with van der Waals surface area (Å²) in [5, 5.41) is 2.53. The number of pyridine rings is 1. The van der Waals surface area contributed by atoms with Crippen LogP contribution in [0.15, 0.2) is 119 Å². The minimum Gasteiger partial charge on any atom is -0.485 e. The molecule has 1 N–H and O–H groups in total. The molecule has 1 saturated heterocycles. The number of nitrogens with one attached hydrogen (secondary N) is 1. The number of methoxy groups -OCH3 is 1. The molecule has 4 aromatic carbocycles. The molecule has 0 spiro atoms. The first kappa shape index (κ1) is 58.6. The van der Waals surface area contributed by atoms with E-state index in [2.05, 4.69) is 22.0 Å². The standard InChI is InChI=1S/C45H44F2N3O8P.C7H14.C4H9NO.C2H6/c1-29-14-15-30(2)49-28-45(29,3)50-25-37(43(53)48-24-34-18-19-35(46)23-38(34)47)41(52)42(40(50)44(49)54)57-39(51)22-31-16-20-36(21-17-31)58-59(55-26-32-10-6-4-7-11-32)56-27-33-12-8-5-9-13-33;1-2-4-7-5-3-6-7;1-4(5-2)6-3;1-2/h4-13,16-21,23,25,29-30H,14-15,22,24,26-28H2,1-3H3,(H,48,53);7H,2-6H2,1H3;1-3H3;1-2H3. The van der Waals surface area contributed by atoms with Gasteiger partial charge in [0.15, 0.2) is 11.6 Å². The summed E-state index contributed by atoms with van der Waals surface area (Å²) in [7, 11) is 1.46. The molecule has 1 saturated carbocycles. The molecule has 13 nitrogen and oxygen atoms in total. The molecular weight excluding hydrogens is 966 g/mol. The van der Waals surface area contributed by atoms with E-state index in [0.29, 0.717) is 30.3 Å². The van der Waals surface area contributed by atoms with Crippen LogP contribution in [0.5, 0.6) is 11.5 Å². The molecule has 3 aliphatic rings. The van der Waals surface area contributed by atoms with Crippen LogP contribution in [-0.4, -0.2) is 59.9 Å². The highest BCUT2D eigenvalue weighted by molar-refractivity contribution is 7.42. The molecule has 5 aromatic rings. The first-order chi connectivity index (χ1) is 35.6. The van der Waals surface area contributed by atoms with Gasteiger partial charge in [-0.2, -0.15) is 0 Å². The topological polar surface area (TPSA) is 147 Å². The molecular formula is C58H73F2N4O9P. The van der Waals surface area contributed by atoms with E-state index < -0.39 is 60.3 Å². The molecule has 3 atom stereocenters. The summed E-state index contributed by atoms with van der Waals surface area (Å²) in [6, 6.07) is 28.7. The third-order valence-electron chi connectivity index (χ3n) is 13.5. The number of esters is 1. The first-order valence-electron chi connectivity index (χ1n) is 25.6. The first-order valence-corrected chi connectivity index (χ1v) is 26.7. The normalized spacial score (nSPS) is 17.9. The number of fused-ring (bicyclic) bond motifs is 4. The van der Waals surface area contributed by atoms with Gasteiger partial charge in [-0.15, -0.1) is 0 Å². The smallest absolute Gasteiger partial charge is 0.397 e. The highest BCUT2D eigenvalue weighted by Crippen LogP contribution is 2.44. The van der Waals surface area contributed by atoms with Crippen LogP contribution in [0.4, 0.5) is 8.78 Å². The zero-order valence-corrected chi connectivity index (χ0v) is 45.2. The van der Waals surface area contributed by atoms with Crippen molar-refractivity contribution in [2.75, 3.05) is 20.7 Å². The van der Waals surface area contributed by atoms with E-state index in [1.165, 1.54) is 44.4 Å². The number of aliphatic imine (C=N–C) groups is 1. The minimum atomic E-state index is -1.83. The van der Waals surface area contributed by atoms with Gasteiger partial charge in [0.1, 0.15) is 22.9 Å².